The van der Waals surface area contributed by atoms with Gasteiger partial charge in [-0.15, -0.1) is 0 Å². The Labute approximate surface area is 158 Å². The van der Waals surface area contributed by atoms with E-state index in [0.29, 0.717) is 0 Å². The molecule has 0 saturated heterocycles. The Balaban J connectivity index is 1.52. The predicted molar refractivity (Wildman–Crippen MR) is 105 cm³/mol. The first-order valence-corrected chi connectivity index (χ1v) is 9.13. The average Bonchev–Trinajstić information content (AvgIpc) is 3.08. The number of aromatic amines is 1. The Morgan fingerprint density at radius 1 is 1.11 bits per heavy atom. The summed E-state index contributed by atoms with van der Waals surface area (Å²) in [6.45, 7) is 3.76. The third kappa shape index (κ3) is 4.76. The van der Waals surface area contributed by atoms with E-state index in [4.69, 9.17) is 4.74 Å². The van der Waals surface area contributed by atoms with Crippen LogP contribution in [0.25, 0.3) is 10.9 Å². The summed E-state index contributed by atoms with van der Waals surface area (Å²) in [5, 5.41) is 3.91. The number of aryl methyl sites for hydroxylation is 1. The van der Waals surface area contributed by atoms with Gasteiger partial charge in [0.1, 0.15) is 0 Å². The zero-order chi connectivity index (χ0) is 19.2. The molecule has 0 spiro atoms. The molecule has 0 fully saturated rings. The summed E-state index contributed by atoms with van der Waals surface area (Å²) in [5.41, 5.74) is 4.05. The zero-order valence-electron chi connectivity index (χ0n) is 15.6. The minimum absolute atomic E-state index is 0.0922. The van der Waals surface area contributed by atoms with Crippen molar-refractivity contribution in [2.45, 2.75) is 32.7 Å². The fourth-order valence-electron chi connectivity index (χ4n) is 3.09. The molecule has 3 aromatic rings. The van der Waals surface area contributed by atoms with E-state index in [2.05, 4.69) is 10.3 Å². The van der Waals surface area contributed by atoms with Crippen LogP contribution in [0.3, 0.4) is 0 Å². The van der Waals surface area contributed by atoms with Crippen LogP contribution in [0.15, 0.2) is 54.7 Å². The second-order valence-electron chi connectivity index (χ2n) is 6.64. The molecule has 1 heterocycles. The molecule has 1 aromatic heterocycles. The number of aromatic nitrogens is 1. The number of H-pyrrole nitrogens is 1. The van der Waals surface area contributed by atoms with Crippen LogP contribution in [0, 0.1) is 6.92 Å². The van der Waals surface area contributed by atoms with Crippen LogP contribution < -0.4 is 5.32 Å². The van der Waals surface area contributed by atoms with Gasteiger partial charge in [0, 0.05) is 17.1 Å². The molecule has 0 aliphatic carbocycles. The highest BCUT2D eigenvalue weighted by Crippen LogP contribution is 2.19. The smallest absolute Gasteiger partial charge is 0.310 e. The van der Waals surface area contributed by atoms with Crippen molar-refractivity contribution in [3.8, 4) is 0 Å². The molecule has 2 aromatic carbocycles. The molecule has 5 heteroatoms. The van der Waals surface area contributed by atoms with Gasteiger partial charge in [0.25, 0.3) is 5.91 Å². The van der Waals surface area contributed by atoms with Crippen molar-refractivity contribution in [3.05, 3.63) is 71.4 Å². The Kier molecular flexibility index (Phi) is 5.91. The highest BCUT2D eigenvalue weighted by molar-refractivity contribution is 5.88. The van der Waals surface area contributed by atoms with Crippen molar-refractivity contribution in [3.63, 3.8) is 0 Å². The molecule has 140 valence electrons. The van der Waals surface area contributed by atoms with Crippen LogP contribution in [-0.4, -0.2) is 23.5 Å². The van der Waals surface area contributed by atoms with E-state index < -0.39 is 5.97 Å². The molecule has 0 aliphatic rings. The fraction of sp³-hybridized carbons (Fsp3) is 0.273. The van der Waals surface area contributed by atoms with Crippen molar-refractivity contribution < 1.29 is 14.3 Å². The van der Waals surface area contributed by atoms with E-state index in [1.54, 1.807) is 6.20 Å². The largest absolute Gasteiger partial charge is 0.455 e. The van der Waals surface area contributed by atoms with Gasteiger partial charge in [-0.1, -0.05) is 55.0 Å². The summed E-state index contributed by atoms with van der Waals surface area (Å²) in [5.74, 6) is -0.715. The fourth-order valence-corrected chi connectivity index (χ4v) is 3.09. The van der Waals surface area contributed by atoms with Gasteiger partial charge < -0.3 is 15.0 Å². The number of esters is 1. The van der Waals surface area contributed by atoms with E-state index in [0.717, 1.165) is 28.5 Å². The lowest BCUT2D eigenvalue weighted by atomic mass is 10.0. The van der Waals surface area contributed by atoms with E-state index in [1.807, 2.05) is 62.4 Å². The van der Waals surface area contributed by atoms with Crippen molar-refractivity contribution in [2.75, 3.05) is 6.61 Å². The number of hydrogen-bond acceptors (Lipinski definition) is 3. The molecule has 1 atom stereocenters. The average molecular weight is 364 g/mol. The maximum atomic E-state index is 12.2. The van der Waals surface area contributed by atoms with Crippen molar-refractivity contribution >= 4 is 22.8 Å². The molecule has 0 saturated carbocycles. The lowest BCUT2D eigenvalue weighted by Crippen LogP contribution is -2.32. The number of carbonyl (C=O) groups excluding carboxylic acids is 2. The van der Waals surface area contributed by atoms with Crippen LogP contribution in [0.5, 0.6) is 0 Å². The standard InChI is InChI=1S/C22H24N2O3/c1-3-19(16-10-8-15(2)9-11-16)24-21(25)14-27-22(26)12-17-13-23-20-7-5-4-6-18(17)20/h4-11,13,19,23H,3,12,14H2,1-2H3,(H,24,25)/t19-/m1/s1. The molecule has 0 unspecified atom stereocenters. The van der Waals surface area contributed by atoms with Crippen molar-refractivity contribution in [1.82, 2.24) is 10.3 Å². The quantitative estimate of drug-likeness (QED) is 0.626. The molecule has 3 rings (SSSR count). The Morgan fingerprint density at radius 3 is 2.59 bits per heavy atom. The van der Waals surface area contributed by atoms with Gasteiger partial charge in [0.2, 0.25) is 0 Å². The van der Waals surface area contributed by atoms with Gasteiger partial charge in [-0.25, -0.2) is 0 Å². The monoisotopic (exact) mass is 364 g/mol. The number of amides is 1. The molecule has 2 N–H and O–H groups in total. The third-order valence-electron chi connectivity index (χ3n) is 4.60. The summed E-state index contributed by atoms with van der Waals surface area (Å²) in [7, 11) is 0. The number of para-hydroxylation sites is 1. The summed E-state index contributed by atoms with van der Waals surface area (Å²) in [6, 6.07) is 15.7. The van der Waals surface area contributed by atoms with E-state index >= 15 is 0 Å². The minimum atomic E-state index is -0.418. The zero-order valence-corrected chi connectivity index (χ0v) is 15.6. The van der Waals surface area contributed by atoms with Gasteiger partial charge >= 0.3 is 5.97 Å². The second-order valence-corrected chi connectivity index (χ2v) is 6.64. The molecular formula is C22H24N2O3. The predicted octanol–water partition coefficient (Wildman–Crippen LogP) is 3.83. The van der Waals surface area contributed by atoms with Gasteiger partial charge in [-0.3, -0.25) is 9.59 Å². The van der Waals surface area contributed by atoms with Gasteiger partial charge in [0.05, 0.1) is 12.5 Å². The summed E-state index contributed by atoms with van der Waals surface area (Å²) in [6.07, 6.45) is 2.70. The number of ether oxygens (including phenoxy) is 1. The summed E-state index contributed by atoms with van der Waals surface area (Å²) >= 11 is 0. The number of fused-ring (bicyclic) bond motifs is 1. The van der Waals surface area contributed by atoms with Gasteiger partial charge in [0.15, 0.2) is 6.61 Å². The minimum Gasteiger partial charge on any atom is -0.455 e. The van der Waals surface area contributed by atoms with Crippen LogP contribution >= 0.6 is 0 Å². The third-order valence-corrected chi connectivity index (χ3v) is 4.60. The number of rotatable bonds is 7. The lowest BCUT2D eigenvalue weighted by molar-refractivity contribution is -0.148. The summed E-state index contributed by atoms with van der Waals surface area (Å²) in [4.78, 5) is 27.4. The van der Waals surface area contributed by atoms with Crippen molar-refractivity contribution in [2.24, 2.45) is 0 Å². The topological polar surface area (TPSA) is 71.2 Å². The molecule has 5 nitrogen and oxygen atoms in total. The number of benzene rings is 2. The van der Waals surface area contributed by atoms with Crippen LogP contribution in [0.4, 0.5) is 0 Å². The second kappa shape index (κ2) is 8.54. The molecular weight excluding hydrogens is 340 g/mol. The first-order chi connectivity index (χ1) is 13.1. The maximum Gasteiger partial charge on any atom is 0.310 e. The van der Waals surface area contributed by atoms with Crippen LogP contribution in [-0.2, 0) is 20.7 Å². The number of hydrogen-bond donors (Lipinski definition) is 2. The first kappa shape index (κ1) is 18.7. The number of carbonyl (C=O) groups is 2. The molecule has 0 bridgehead atoms. The number of nitrogens with one attached hydrogen (secondary N) is 2. The molecule has 0 aliphatic heterocycles. The van der Waals surface area contributed by atoms with E-state index in [-0.39, 0.29) is 25.0 Å². The van der Waals surface area contributed by atoms with E-state index in [9.17, 15) is 9.59 Å². The molecule has 1 amide bonds. The Bertz CT molecular complexity index is 928. The van der Waals surface area contributed by atoms with Crippen molar-refractivity contribution in [1.29, 1.82) is 0 Å². The molecule has 27 heavy (non-hydrogen) atoms. The highest BCUT2D eigenvalue weighted by atomic mass is 16.5. The van der Waals surface area contributed by atoms with E-state index in [1.165, 1.54) is 5.56 Å². The maximum absolute atomic E-state index is 12.2. The van der Waals surface area contributed by atoms with Crippen LogP contribution in [0.1, 0.15) is 36.1 Å². The SMILES string of the molecule is CC[C@@H](NC(=O)COC(=O)Cc1c[nH]c2ccccc12)c1ccc(C)cc1. The van der Waals surface area contributed by atoms with Gasteiger partial charge in [-0.2, -0.15) is 0 Å². The first-order valence-electron chi connectivity index (χ1n) is 9.13. The Hall–Kier alpha value is -3.08. The normalized spacial score (nSPS) is 11.9. The molecule has 0 radical (unpaired) electrons. The Morgan fingerprint density at radius 2 is 1.85 bits per heavy atom. The summed E-state index contributed by atoms with van der Waals surface area (Å²) < 4.78 is 5.16. The van der Waals surface area contributed by atoms with Crippen LogP contribution in [0.2, 0.25) is 0 Å². The highest BCUT2D eigenvalue weighted by Gasteiger charge is 2.15. The lowest BCUT2D eigenvalue weighted by Gasteiger charge is -2.17. The van der Waals surface area contributed by atoms with Gasteiger partial charge in [-0.05, 0) is 30.5 Å².